The van der Waals surface area contributed by atoms with Crippen molar-refractivity contribution in [3.05, 3.63) is 0 Å². The molecule has 0 saturated carbocycles. The molecule has 1 aliphatic heterocycles. The molecule has 0 aromatic carbocycles. The minimum atomic E-state index is -0.395. The molecule has 0 bridgehead atoms. The molecular formula is C13H26N4O2. The minimum absolute atomic E-state index is 0.248. The van der Waals surface area contributed by atoms with E-state index in [1.54, 1.807) is 0 Å². The van der Waals surface area contributed by atoms with Crippen LogP contribution in [0.1, 0.15) is 32.6 Å². The van der Waals surface area contributed by atoms with E-state index < -0.39 is 6.03 Å². The standard InChI is InChI=1S/C13H26N4O2/c1-3-4-8-15-13(19)16-12(18)10-17(2)11-6-5-7-14-9-11/h11,14H,3-10H2,1-2H3,(H2,15,16,18,19). The zero-order valence-electron chi connectivity index (χ0n) is 12.0. The maximum atomic E-state index is 11.7. The van der Waals surface area contributed by atoms with Gasteiger partial charge in [0.25, 0.3) is 0 Å². The van der Waals surface area contributed by atoms with E-state index >= 15 is 0 Å². The fraction of sp³-hybridized carbons (Fsp3) is 0.846. The average Bonchev–Trinajstić information content (AvgIpc) is 2.39. The highest BCUT2D eigenvalue weighted by Gasteiger charge is 2.20. The number of unbranched alkanes of at least 4 members (excludes halogenated alkanes) is 1. The van der Waals surface area contributed by atoms with Crippen molar-refractivity contribution in [3.63, 3.8) is 0 Å². The van der Waals surface area contributed by atoms with Gasteiger partial charge in [0.1, 0.15) is 0 Å². The molecule has 1 heterocycles. The molecule has 6 nitrogen and oxygen atoms in total. The Morgan fingerprint density at radius 2 is 2.21 bits per heavy atom. The summed E-state index contributed by atoms with van der Waals surface area (Å²) in [5.41, 5.74) is 0. The third-order valence-electron chi connectivity index (χ3n) is 3.36. The normalized spacial score (nSPS) is 19.2. The van der Waals surface area contributed by atoms with E-state index in [1.807, 2.05) is 11.9 Å². The van der Waals surface area contributed by atoms with Crippen LogP contribution in [-0.2, 0) is 4.79 Å². The fourth-order valence-corrected chi connectivity index (χ4v) is 2.15. The summed E-state index contributed by atoms with van der Waals surface area (Å²) in [4.78, 5) is 25.1. The maximum Gasteiger partial charge on any atom is 0.321 e. The van der Waals surface area contributed by atoms with Crippen molar-refractivity contribution in [3.8, 4) is 0 Å². The molecule has 0 aromatic rings. The summed E-state index contributed by atoms with van der Waals surface area (Å²) < 4.78 is 0. The quantitative estimate of drug-likeness (QED) is 0.607. The Labute approximate surface area is 115 Å². The van der Waals surface area contributed by atoms with Gasteiger partial charge in [-0.3, -0.25) is 15.0 Å². The number of rotatable bonds is 6. The molecule has 1 rings (SSSR count). The number of urea groups is 1. The predicted octanol–water partition coefficient (Wildman–Crippen LogP) is 0.296. The molecular weight excluding hydrogens is 244 g/mol. The number of hydrogen-bond acceptors (Lipinski definition) is 4. The first-order valence-corrected chi connectivity index (χ1v) is 7.12. The van der Waals surface area contributed by atoms with Crippen LogP contribution in [0, 0.1) is 0 Å². The molecule has 1 aliphatic rings. The van der Waals surface area contributed by atoms with Gasteiger partial charge in [-0.15, -0.1) is 0 Å². The smallest absolute Gasteiger partial charge is 0.321 e. The third kappa shape index (κ3) is 6.54. The van der Waals surface area contributed by atoms with E-state index in [1.165, 1.54) is 0 Å². The number of carbonyl (C=O) groups is 2. The van der Waals surface area contributed by atoms with Crippen molar-refractivity contribution < 1.29 is 9.59 Å². The van der Waals surface area contributed by atoms with Gasteiger partial charge in [-0.1, -0.05) is 13.3 Å². The zero-order chi connectivity index (χ0) is 14.1. The summed E-state index contributed by atoms with van der Waals surface area (Å²) in [5, 5.41) is 8.33. The van der Waals surface area contributed by atoms with E-state index in [4.69, 9.17) is 0 Å². The minimum Gasteiger partial charge on any atom is -0.338 e. The number of imide groups is 1. The number of likely N-dealkylation sites (N-methyl/N-ethyl adjacent to an activating group) is 1. The van der Waals surface area contributed by atoms with Crippen LogP contribution in [-0.4, -0.2) is 56.1 Å². The van der Waals surface area contributed by atoms with Gasteiger partial charge in [0.2, 0.25) is 5.91 Å². The van der Waals surface area contributed by atoms with Gasteiger partial charge in [-0.05, 0) is 32.9 Å². The monoisotopic (exact) mass is 270 g/mol. The summed E-state index contributed by atoms with van der Waals surface area (Å²) in [6, 6.07) is -0.0173. The highest BCUT2D eigenvalue weighted by atomic mass is 16.2. The Morgan fingerprint density at radius 1 is 1.42 bits per heavy atom. The van der Waals surface area contributed by atoms with Crippen LogP contribution in [0.15, 0.2) is 0 Å². The molecule has 1 fully saturated rings. The van der Waals surface area contributed by atoms with E-state index in [9.17, 15) is 9.59 Å². The van der Waals surface area contributed by atoms with Gasteiger partial charge in [0.15, 0.2) is 0 Å². The number of amides is 3. The molecule has 6 heteroatoms. The molecule has 1 atom stereocenters. The molecule has 1 saturated heterocycles. The fourth-order valence-electron chi connectivity index (χ4n) is 2.15. The molecule has 1 unspecified atom stereocenters. The third-order valence-corrected chi connectivity index (χ3v) is 3.36. The van der Waals surface area contributed by atoms with Crippen LogP contribution in [0.3, 0.4) is 0 Å². The summed E-state index contributed by atoms with van der Waals surface area (Å²) in [6.45, 7) is 4.88. The molecule has 0 aliphatic carbocycles. The lowest BCUT2D eigenvalue weighted by atomic mass is 10.1. The lowest BCUT2D eigenvalue weighted by Crippen LogP contribution is -2.49. The molecule has 0 radical (unpaired) electrons. The van der Waals surface area contributed by atoms with Crippen molar-refractivity contribution in [1.29, 1.82) is 0 Å². The zero-order valence-corrected chi connectivity index (χ0v) is 12.0. The highest BCUT2D eigenvalue weighted by Crippen LogP contribution is 2.07. The number of nitrogens with one attached hydrogen (secondary N) is 3. The number of piperidine rings is 1. The van der Waals surface area contributed by atoms with E-state index in [0.717, 1.165) is 38.8 Å². The Balaban J connectivity index is 2.20. The lowest BCUT2D eigenvalue weighted by Gasteiger charge is -2.31. The van der Waals surface area contributed by atoms with Crippen molar-refractivity contribution in [2.75, 3.05) is 33.2 Å². The Morgan fingerprint density at radius 3 is 2.84 bits per heavy atom. The Hall–Kier alpha value is -1.14. The van der Waals surface area contributed by atoms with Gasteiger partial charge >= 0.3 is 6.03 Å². The average molecular weight is 270 g/mol. The first kappa shape index (κ1) is 15.9. The second kappa shape index (κ2) is 8.87. The van der Waals surface area contributed by atoms with Crippen LogP contribution >= 0.6 is 0 Å². The molecule has 0 aromatic heterocycles. The molecule has 3 N–H and O–H groups in total. The number of nitrogens with zero attached hydrogens (tertiary/aromatic N) is 1. The summed E-state index contributed by atoms with van der Waals surface area (Å²) in [5.74, 6) is -0.248. The van der Waals surface area contributed by atoms with Crippen LogP contribution in [0.2, 0.25) is 0 Å². The van der Waals surface area contributed by atoms with Gasteiger partial charge in [-0.25, -0.2) is 4.79 Å². The number of hydrogen-bond donors (Lipinski definition) is 3. The Kier molecular flexibility index (Phi) is 7.43. The van der Waals surface area contributed by atoms with Gasteiger partial charge in [-0.2, -0.15) is 0 Å². The summed E-state index contributed by atoms with van der Waals surface area (Å²) in [6.07, 6.45) is 4.18. The predicted molar refractivity (Wildman–Crippen MR) is 75.0 cm³/mol. The summed E-state index contributed by atoms with van der Waals surface area (Å²) in [7, 11) is 1.92. The van der Waals surface area contributed by atoms with Gasteiger partial charge in [0.05, 0.1) is 6.54 Å². The van der Waals surface area contributed by atoms with E-state index in [2.05, 4.69) is 22.9 Å². The first-order valence-electron chi connectivity index (χ1n) is 7.12. The van der Waals surface area contributed by atoms with Crippen LogP contribution < -0.4 is 16.0 Å². The second-order valence-corrected chi connectivity index (χ2v) is 5.07. The molecule has 3 amide bonds. The SMILES string of the molecule is CCCCNC(=O)NC(=O)CN(C)C1CCCNC1. The molecule has 0 spiro atoms. The van der Waals surface area contributed by atoms with Crippen molar-refractivity contribution in [2.24, 2.45) is 0 Å². The van der Waals surface area contributed by atoms with Gasteiger partial charge in [0, 0.05) is 19.1 Å². The number of carbonyl (C=O) groups excluding carboxylic acids is 2. The van der Waals surface area contributed by atoms with Crippen molar-refractivity contribution in [2.45, 2.75) is 38.6 Å². The summed E-state index contributed by atoms with van der Waals surface area (Å²) >= 11 is 0. The van der Waals surface area contributed by atoms with Gasteiger partial charge < -0.3 is 10.6 Å². The van der Waals surface area contributed by atoms with Crippen molar-refractivity contribution in [1.82, 2.24) is 20.9 Å². The Bertz CT molecular complexity index is 290. The lowest BCUT2D eigenvalue weighted by molar-refractivity contribution is -0.121. The van der Waals surface area contributed by atoms with E-state index in [0.29, 0.717) is 12.6 Å². The first-order chi connectivity index (χ1) is 9.13. The van der Waals surface area contributed by atoms with Crippen molar-refractivity contribution >= 4 is 11.9 Å². The van der Waals surface area contributed by atoms with Crippen LogP contribution in [0.25, 0.3) is 0 Å². The van der Waals surface area contributed by atoms with Crippen LogP contribution in [0.4, 0.5) is 4.79 Å². The largest absolute Gasteiger partial charge is 0.338 e. The van der Waals surface area contributed by atoms with E-state index in [-0.39, 0.29) is 12.5 Å². The second-order valence-electron chi connectivity index (χ2n) is 5.07. The highest BCUT2D eigenvalue weighted by molar-refractivity contribution is 5.95. The topological polar surface area (TPSA) is 73.5 Å². The van der Waals surface area contributed by atoms with Crippen LogP contribution in [0.5, 0.6) is 0 Å². The molecule has 19 heavy (non-hydrogen) atoms. The molecule has 110 valence electrons. The maximum absolute atomic E-state index is 11.7.